The van der Waals surface area contributed by atoms with E-state index in [0.717, 1.165) is 60.6 Å². The Labute approximate surface area is 309 Å². The molecule has 0 aliphatic heterocycles. The Kier molecular flexibility index (Phi) is 5.45. The molecule has 0 unspecified atom stereocenters. The fourth-order valence-electron chi connectivity index (χ4n) is 8.44. The molecule has 0 fully saturated rings. The summed E-state index contributed by atoms with van der Waals surface area (Å²) in [5, 5.41) is 6.97. The smallest absolute Gasteiger partial charge is 0.249 e. The molecule has 5 aromatic heterocycles. The van der Waals surface area contributed by atoms with Gasteiger partial charge in [0, 0.05) is 50.6 Å². The fourth-order valence-corrected chi connectivity index (χ4v) is 8.44. The molecule has 11 aromatic rings. The average Bonchev–Trinajstić information content (AvgIpc) is 3.85. The van der Waals surface area contributed by atoms with Gasteiger partial charge in [0.2, 0.25) is 6.33 Å². The van der Waals surface area contributed by atoms with Gasteiger partial charge in [-0.2, -0.15) is 4.57 Å². The van der Waals surface area contributed by atoms with Gasteiger partial charge in [-0.05, 0) is 65.6 Å². The molecule has 0 N–H and O–H groups in total. The van der Waals surface area contributed by atoms with Gasteiger partial charge < -0.3 is 9.14 Å². The Morgan fingerprint density at radius 2 is 1.25 bits per heavy atom. The number of para-hydroxylation sites is 5. The van der Waals surface area contributed by atoms with E-state index in [4.69, 9.17) is 13.8 Å². The molecule has 0 saturated heterocycles. The quantitative estimate of drug-likeness (QED) is 0.173. The molecule has 5 heterocycles. The van der Waals surface area contributed by atoms with Crippen LogP contribution in [0.25, 0.3) is 82.3 Å². The number of aromatic nitrogens is 5. The van der Waals surface area contributed by atoms with E-state index >= 15 is 0 Å². The third-order valence-corrected chi connectivity index (χ3v) is 10.9. The number of benzene rings is 6. The van der Waals surface area contributed by atoms with Crippen molar-refractivity contribution in [1.29, 1.82) is 0 Å². The van der Waals surface area contributed by atoms with Gasteiger partial charge in [0.05, 0.1) is 38.7 Å². The maximum Gasteiger partial charge on any atom is 0.249 e. The number of fused-ring (bicyclic) bond motifs is 11. The number of hydrogen-bond acceptors (Lipinski definition) is 2. The zero-order valence-corrected chi connectivity index (χ0v) is 29.5. The van der Waals surface area contributed by atoms with Crippen LogP contribution < -0.4 is 9.30 Å². The van der Waals surface area contributed by atoms with Crippen molar-refractivity contribution in [2.75, 3.05) is 0 Å². The highest BCUT2D eigenvalue weighted by atomic mass is 16.5. The second-order valence-corrected chi connectivity index (χ2v) is 15.0. The molecule has 6 heteroatoms. The van der Waals surface area contributed by atoms with Crippen molar-refractivity contribution in [1.82, 2.24) is 18.4 Å². The summed E-state index contributed by atoms with van der Waals surface area (Å²) in [5.41, 5.74) is 9.33. The number of aryl methyl sites for hydroxylation is 1. The van der Waals surface area contributed by atoms with Crippen LogP contribution >= 0.6 is 0 Å². The van der Waals surface area contributed by atoms with E-state index in [0.29, 0.717) is 17.0 Å². The number of nitrogens with zero attached hydrogens (tertiary/aromatic N) is 5. The van der Waals surface area contributed by atoms with Crippen molar-refractivity contribution in [3.05, 3.63) is 152 Å². The monoisotopic (exact) mass is 689 g/mol. The third-order valence-electron chi connectivity index (χ3n) is 10.9. The number of pyridine rings is 1. The minimum atomic E-state index is -2.34. The van der Waals surface area contributed by atoms with Gasteiger partial charge >= 0.3 is 0 Å². The lowest BCUT2D eigenvalue weighted by molar-refractivity contribution is -0.645. The molecule has 0 radical (unpaired) electrons. The Bertz CT molecular complexity index is 3440. The lowest BCUT2D eigenvalue weighted by atomic mass is 9.86. The summed E-state index contributed by atoms with van der Waals surface area (Å²) in [6, 6.07) is 46.0. The van der Waals surface area contributed by atoms with Crippen LogP contribution in [0.2, 0.25) is 0 Å². The molecule has 53 heavy (non-hydrogen) atoms. The lowest BCUT2D eigenvalue weighted by Crippen LogP contribution is -2.25. The van der Waals surface area contributed by atoms with Crippen LogP contribution in [-0.4, -0.2) is 18.4 Å². The van der Waals surface area contributed by atoms with Gasteiger partial charge in [0.15, 0.2) is 16.7 Å². The molecule has 0 aliphatic rings. The standard InChI is InChI=1S/C47H36N5O/c1-47(2,3)29-24-30(50-28-49(4)40-18-7-8-19-41(40)50)26-32(25-29)53-31-21-22-34-36-14-10-16-38-37-15-9-13-35-33-12-5-6-17-39(33)51(44(35)37)42-20-11-23-48-46(42)52(45(36)38)43(34)27-31/h5-28H,1-4H3/q+1/i4D3. The molecule has 0 spiro atoms. The zero-order chi connectivity index (χ0) is 38.1. The van der Waals surface area contributed by atoms with Crippen LogP contribution in [0.5, 0.6) is 11.5 Å². The van der Waals surface area contributed by atoms with E-state index in [2.05, 4.69) is 121 Å². The number of imidazole rings is 1. The summed E-state index contributed by atoms with van der Waals surface area (Å²) >= 11 is 0. The molecule has 6 nitrogen and oxygen atoms in total. The van der Waals surface area contributed by atoms with Gasteiger partial charge in [-0.15, -0.1) is 0 Å². The Morgan fingerprint density at radius 1 is 0.585 bits per heavy atom. The summed E-state index contributed by atoms with van der Waals surface area (Å²) < 4.78 is 39.5. The summed E-state index contributed by atoms with van der Waals surface area (Å²) in [4.78, 5) is 5.11. The summed E-state index contributed by atoms with van der Waals surface area (Å²) in [6.07, 6.45) is 3.54. The van der Waals surface area contributed by atoms with Crippen molar-refractivity contribution in [2.24, 2.45) is 6.98 Å². The van der Waals surface area contributed by atoms with Crippen molar-refractivity contribution in [2.45, 2.75) is 26.2 Å². The van der Waals surface area contributed by atoms with Crippen LogP contribution in [0.15, 0.2) is 146 Å². The van der Waals surface area contributed by atoms with Gasteiger partial charge in [-0.1, -0.05) is 87.5 Å². The van der Waals surface area contributed by atoms with Crippen LogP contribution in [0.3, 0.4) is 0 Å². The fraction of sp³-hybridized carbons (Fsp3) is 0.106. The van der Waals surface area contributed by atoms with Crippen molar-refractivity contribution in [3.63, 3.8) is 0 Å². The Balaban J connectivity index is 1.18. The topological polar surface area (TPSA) is 39.8 Å². The number of hydrogen-bond donors (Lipinski definition) is 0. The van der Waals surface area contributed by atoms with E-state index in [1.807, 2.05) is 53.2 Å². The average molecular weight is 690 g/mol. The van der Waals surface area contributed by atoms with Crippen molar-refractivity contribution >= 4 is 76.6 Å². The first-order chi connectivity index (χ1) is 27.0. The summed E-state index contributed by atoms with van der Waals surface area (Å²) in [5.74, 6) is 1.34. The molecule has 6 aromatic carbocycles. The highest BCUT2D eigenvalue weighted by molar-refractivity contribution is 6.25. The summed E-state index contributed by atoms with van der Waals surface area (Å²) in [6.45, 7) is 4.17. The highest BCUT2D eigenvalue weighted by Gasteiger charge is 2.23. The number of ether oxygens (including phenoxy) is 1. The first-order valence-electron chi connectivity index (χ1n) is 19.5. The largest absolute Gasteiger partial charge is 0.457 e. The molecule has 11 rings (SSSR count). The molecular weight excluding hydrogens is 651 g/mol. The maximum absolute atomic E-state index is 8.23. The molecule has 0 bridgehead atoms. The van der Waals surface area contributed by atoms with Crippen LogP contribution in [0, 0.1) is 0 Å². The van der Waals surface area contributed by atoms with Crippen molar-refractivity contribution < 1.29 is 13.4 Å². The van der Waals surface area contributed by atoms with Gasteiger partial charge in [0.25, 0.3) is 0 Å². The van der Waals surface area contributed by atoms with E-state index in [9.17, 15) is 0 Å². The first kappa shape index (κ1) is 27.1. The second kappa shape index (κ2) is 10.7. The van der Waals surface area contributed by atoms with Crippen LogP contribution in [-0.2, 0) is 12.4 Å². The van der Waals surface area contributed by atoms with E-state index in [1.165, 1.54) is 26.2 Å². The summed E-state index contributed by atoms with van der Waals surface area (Å²) in [7, 11) is 0. The maximum atomic E-state index is 8.23. The molecule has 0 aliphatic carbocycles. The van der Waals surface area contributed by atoms with E-state index in [-0.39, 0.29) is 5.41 Å². The predicted octanol–water partition coefficient (Wildman–Crippen LogP) is 11.2. The van der Waals surface area contributed by atoms with Crippen LogP contribution in [0.1, 0.15) is 30.4 Å². The van der Waals surface area contributed by atoms with Gasteiger partial charge in [-0.3, -0.25) is 4.40 Å². The molecule has 0 atom stereocenters. The van der Waals surface area contributed by atoms with Crippen molar-refractivity contribution in [3.8, 4) is 17.2 Å². The second-order valence-electron chi connectivity index (χ2n) is 15.0. The molecule has 254 valence electrons. The molecule has 0 saturated carbocycles. The normalized spacial score (nSPS) is 13.6. The van der Waals surface area contributed by atoms with Crippen LogP contribution in [0.4, 0.5) is 0 Å². The SMILES string of the molecule is [2H]C([2H])([2H])[n+]1cn(-c2cc(Oc3ccc4c5cccc6c7cccc8c9ccccc9n(c9cccnc9n(c4c3)c56)c87)cc(C(C)(C)C)c2)c2ccccc21. The highest BCUT2D eigenvalue weighted by Crippen LogP contribution is 2.41. The number of rotatable bonds is 3. The van der Waals surface area contributed by atoms with Gasteiger partial charge in [-0.25, -0.2) is 9.55 Å². The Hall–Kier alpha value is -6.66. The third kappa shape index (κ3) is 4.26. The Morgan fingerprint density at radius 3 is 2.02 bits per heavy atom. The van der Waals surface area contributed by atoms with Gasteiger partial charge in [0.1, 0.15) is 17.2 Å². The molecule has 0 amide bonds. The van der Waals surface area contributed by atoms with E-state index < -0.39 is 6.98 Å². The van der Waals surface area contributed by atoms with E-state index in [1.54, 1.807) is 6.33 Å². The zero-order valence-electron chi connectivity index (χ0n) is 32.5. The predicted molar refractivity (Wildman–Crippen MR) is 217 cm³/mol. The lowest BCUT2D eigenvalue weighted by Gasteiger charge is -2.20. The minimum Gasteiger partial charge on any atom is -0.457 e. The first-order valence-corrected chi connectivity index (χ1v) is 18.0. The minimum absolute atomic E-state index is 0.211. The molecular formula is C47H36N5O+.